The Kier molecular flexibility index (Phi) is 5.48. The highest BCUT2D eigenvalue weighted by molar-refractivity contribution is 5.80. The number of hydrogen-bond donors (Lipinski definition) is 1. The van der Waals surface area contributed by atoms with Crippen LogP contribution in [0.2, 0.25) is 0 Å². The molecule has 2 aliphatic rings. The molecular weight excluding hydrogens is 376 g/mol. The number of fused-ring (bicyclic) bond motifs is 2. The molecule has 0 saturated heterocycles. The molecule has 0 saturated carbocycles. The van der Waals surface area contributed by atoms with Crippen molar-refractivity contribution in [3.8, 4) is 11.5 Å². The monoisotopic (exact) mass is 402 g/mol. The van der Waals surface area contributed by atoms with Crippen molar-refractivity contribution in [2.24, 2.45) is 5.92 Å². The topological polar surface area (TPSA) is 80.6 Å². The highest BCUT2D eigenvalue weighted by Crippen LogP contribution is 2.24. The van der Waals surface area contributed by atoms with Gasteiger partial charge in [0.2, 0.25) is 0 Å². The summed E-state index contributed by atoms with van der Waals surface area (Å²) in [7, 11) is 0. The maximum atomic E-state index is 12.4. The Hall–Kier alpha value is -3.28. The number of nitrogens with one attached hydrogen (secondary N) is 1. The van der Waals surface area contributed by atoms with Gasteiger partial charge in [-0.3, -0.25) is 9.78 Å². The molecule has 0 aromatic heterocycles. The van der Waals surface area contributed by atoms with Crippen molar-refractivity contribution < 1.29 is 0 Å². The first-order valence-corrected chi connectivity index (χ1v) is 10.4. The molecule has 2 aromatic rings. The Morgan fingerprint density at radius 1 is 1.03 bits per heavy atom. The minimum absolute atomic E-state index is 0.207. The van der Waals surface area contributed by atoms with Crippen LogP contribution in [-0.2, 0) is 19.4 Å². The highest BCUT2D eigenvalue weighted by atomic mass is 16.2. The lowest BCUT2D eigenvalue weighted by molar-refractivity contribution is 0.485. The lowest BCUT2D eigenvalue weighted by Gasteiger charge is -2.20. The number of hydrogen-bond acceptors (Lipinski definition) is 4. The Bertz CT molecular complexity index is 1270. The van der Waals surface area contributed by atoms with E-state index in [0.717, 1.165) is 30.3 Å². The fourth-order valence-corrected chi connectivity index (χ4v) is 3.98. The molecule has 2 aliphatic heterocycles. The maximum Gasteiger partial charge on any atom is 0.349 e. The van der Waals surface area contributed by atoms with Crippen molar-refractivity contribution in [2.75, 3.05) is 0 Å². The van der Waals surface area contributed by atoms with Crippen molar-refractivity contribution >= 4 is 11.0 Å². The van der Waals surface area contributed by atoms with E-state index in [-0.39, 0.29) is 11.6 Å². The van der Waals surface area contributed by atoms with Crippen LogP contribution in [0, 0.1) is 12.8 Å². The Balaban J connectivity index is 1.81. The molecular formula is C24H26N4O2. The molecule has 1 atom stereocenters. The highest BCUT2D eigenvalue weighted by Gasteiger charge is 2.20. The summed E-state index contributed by atoms with van der Waals surface area (Å²) in [4.78, 5) is 35.3. The lowest BCUT2D eigenvalue weighted by Crippen LogP contribution is -2.29. The van der Waals surface area contributed by atoms with E-state index in [0.29, 0.717) is 12.4 Å². The van der Waals surface area contributed by atoms with E-state index in [1.165, 1.54) is 16.7 Å². The summed E-state index contributed by atoms with van der Waals surface area (Å²) in [5.74, 6) is 0.619. The first-order valence-electron chi connectivity index (χ1n) is 10.4. The predicted octanol–water partition coefficient (Wildman–Crippen LogP) is 3.72. The van der Waals surface area contributed by atoms with Crippen LogP contribution in [0.1, 0.15) is 37.0 Å². The molecule has 0 radical (unpaired) electrons. The summed E-state index contributed by atoms with van der Waals surface area (Å²) < 4.78 is 1.98. The summed E-state index contributed by atoms with van der Waals surface area (Å²) in [6.07, 6.45) is 2.88. The average molecular weight is 402 g/mol. The predicted molar refractivity (Wildman–Crippen MR) is 119 cm³/mol. The molecule has 2 heterocycles. The molecule has 0 aliphatic carbocycles. The number of nitrogens with zero attached hydrogens (tertiary/aromatic N) is 3. The molecule has 1 unspecified atom stereocenters. The van der Waals surface area contributed by atoms with Gasteiger partial charge < -0.3 is 4.57 Å². The Morgan fingerprint density at radius 3 is 2.50 bits per heavy atom. The van der Waals surface area contributed by atoms with Gasteiger partial charge in [0.05, 0.1) is 11.0 Å². The zero-order valence-electron chi connectivity index (χ0n) is 17.6. The van der Waals surface area contributed by atoms with E-state index in [1.807, 2.05) is 16.7 Å². The van der Waals surface area contributed by atoms with Crippen LogP contribution in [0.3, 0.4) is 0 Å². The van der Waals surface area contributed by atoms with Gasteiger partial charge in [0.1, 0.15) is 0 Å². The van der Waals surface area contributed by atoms with Gasteiger partial charge in [-0.25, -0.2) is 9.78 Å². The van der Waals surface area contributed by atoms with Gasteiger partial charge >= 0.3 is 5.69 Å². The molecule has 0 amide bonds. The molecule has 6 nitrogen and oxygen atoms in total. The first kappa shape index (κ1) is 20.0. The number of aryl methyl sites for hydroxylation is 2. The van der Waals surface area contributed by atoms with Crippen LogP contribution < -0.4 is 11.2 Å². The lowest BCUT2D eigenvalue weighted by atomic mass is 9.99. The third-order valence-corrected chi connectivity index (χ3v) is 5.41. The second kappa shape index (κ2) is 8.22. The van der Waals surface area contributed by atoms with Crippen LogP contribution in [0.25, 0.3) is 22.6 Å². The standard InChI is InChI=1S/C24H26N4O2/c1-4-5-17-10-11-20-19(13-17)25-21-22(26-24(30)27-23(21)29)28(20)14-16(3)12-18-8-6-15(2)7-9-18/h6-11,13,16H,4-5,12,14H2,1-3H3,(H,27,29,30). The number of H-pyrrole nitrogens is 1. The van der Waals surface area contributed by atoms with Crippen molar-refractivity contribution in [3.63, 3.8) is 0 Å². The van der Waals surface area contributed by atoms with Crippen molar-refractivity contribution in [1.82, 2.24) is 19.5 Å². The van der Waals surface area contributed by atoms with E-state index in [9.17, 15) is 9.59 Å². The average Bonchev–Trinajstić information content (AvgIpc) is 2.70. The molecule has 2 aromatic carbocycles. The SMILES string of the molecule is CCCc1ccc2c(c1)nc1c(=O)[nH]c(=O)nc-1n2CC(C)Cc1ccc(C)cc1. The van der Waals surface area contributed by atoms with Gasteiger partial charge in [0.15, 0.2) is 11.5 Å². The molecule has 0 bridgehead atoms. The number of rotatable bonds is 6. The Labute approximate surface area is 175 Å². The normalized spacial score (nSPS) is 12.5. The fourth-order valence-electron chi connectivity index (χ4n) is 3.98. The third-order valence-electron chi connectivity index (χ3n) is 5.41. The van der Waals surface area contributed by atoms with Crippen LogP contribution in [0.4, 0.5) is 0 Å². The van der Waals surface area contributed by atoms with Crippen LogP contribution in [0.15, 0.2) is 52.1 Å². The maximum absolute atomic E-state index is 12.4. The smallest absolute Gasteiger partial charge is 0.322 e. The first-order chi connectivity index (χ1) is 14.4. The number of aromatic nitrogens is 4. The van der Waals surface area contributed by atoms with Gasteiger partial charge in [-0.2, -0.15) is 4.98 Å². The minimum Gasteiger partial charge on any atom is -0.322 e. The summed E-state index contributed by atoms with van der Waals surface area (Å²) in [6.45, 7) is 7.01. The summed E-state index contributed by atoms with van der Waals surface area (Å²) in [5.41, 5.74) is 4.39. The van der Waals surface area contributed by atoms with E-state index >= 15 is 0 Å². The zero-order valence-corrected chi connectivity index (χ0v) is 17.6. The van der Waals surface area contributed by atoms with Crippen molar-refractivity contribution in [2.45, 2.75) is 46.6 Å². The van der Waals surface area contributed by atoms with Gasteiger partial charge in [-0.05, 0) is 48.9 Å². The quantitative estimate of drug-likeness (QED) is 0.499. The van der Waals surface area contributed by atoms with Crippen molar-refractivity contribution in [3.05, 3.63) is 80.0 Å². The van der Waals surface area contributed by atoms with Gasteiger partial charge in [-0.15, -0.1) is 0 Å². The second-order valence-electron chi connectivity index (χ2n) is 8.13. The van der Waals surface area contributed by atoms with Crippen LogP contribution in [-0.4, -0.2) is 19.5 Å². The molecule has 1 N–H and O–H groups in total. The van der Waals surface area contributed by atoms with E-state index in [4.69, 9.17) is 0 Å². The minimum atomic E-state index is -0.642. The summed E-state index contributed by atoms with van der Waals surface area (Å²) in [6, 6.07) is 14.7. The zero-order chi connectivity index (χ0) is 21.3. The van der Waals surface area contributed by atoms with Gasteiger partial charge in [0.25, 0.3) is 5.56 Å². The summed E-state index contributed by atoms with van der Waals surface area (Å²) >= 11 is 0. The largest absolute Gasteiger partial charge is 0.349 e. The van der Waals surface area contributed by atoms with E-state index < -0.39 is 11.2 Å². The van der Waals surface area contributed by atoms with E-state index in [1.54, 1.807) is 0 Å². The van der Waals surface area contributed by atoms with Gasteiger partial charge in [-0.1, -0.05) is 56.2 Å². The number of aromatic amines is 1. The molecule has 0 spiro atoms. The van der Waals surface area contributed by atoms with Crippen LogP contribution in [0.5, 0.6) is 0 Å². The van der Waals surface area contributed by atoms with E-state index in [2.05, 4.69) is 66.1 Å². The van der Waals surface area contributed by atoms with Crippen LogP contribution >= 0.6 is 0 Å². The molecule has 6 heteroatoms. The third kappa shape index (κ3) is 4.03. The van der Waals surface area contributed by atoms with Gasteiger partial charge in [0, 0.05) is 6.54 Å². The Morgan fingerprint density at radius 2 is 1.77 bits per heavy atom. The van der Waals surface area contributed by atoms with Crippen molar-refractivity contribution in [1.29, 1.82) is 0 Å². The molecule has 0 fully saturated rings. The molecule has 4 rings (SSSR count). The number of benzene rings is 2. The summed E-state index contributed by atoms with van der Waals surface area (Å²) in [5, 5.41) is 0. The molecule has 30 heavy (non-hydrogen) atoms. The fraction of sp³-hybridized carbons (Fsp3) is 0.333. The second-order valence-corrected chi connectivity index (χ2v) is 8.13. The molecule has 154 valence electrons.